The van der Waals surface area contributed by atoms with Gasteiger partial charge >= 0.3 is 0 Å². The lowest BCUT2D eigenvalue weighted by Gasteiger charge is -2.36. The van der Waals surface area contributed by atoms with Gasteiger partial charge in [0.05, 0.1) is 11.6 Å². The summed E-state index contributed by atoms with van der Waals surface area (Å²) in [7, 11) is 0. The third-order valence-electron chi connectivity index (χ3n) is 5.06. The van der Waals surface area contributed by atoms with E-state index in [9.17, 15) is 0 Å². The van der Waals surface area contributed by atoms with Crippen molar-refractivity contribution in [3.63, 3.8) is 0 Å². The number of aromatic nitrogens is 2. The Balaban J connectivity index is 1.46. The molecule has 1 aliphatic heterocycles. The van der Waals surface area contributed by atoms with Crippen LogP contribution in [0, 0.1) is 25.2 Å². The summed E-state index contributed by atoms with van der Waals surface area (Å²) >= 11 is 0. The highest BCUT2D eigenvalue weighted by molar-refractivity contribution is 5.59. The van der Waals surface area contributed by atoms with Crippen LogP contribution in [0.1, 0.15) is 16.8 Å². The fraction of sp³-hybridized carbons (Fsp3) is 0.261. The van der Waals surface area contributed by atoms with Gasteiger partial charge in [-0.05, 0) is 55.8 Å². The number of nitriles is 1. The number of hydrogen-bond donors (Lipinski definition) is 1. The molecule has 4 rings (SSSR count). The first-order chi connectivity index (χ1) is 14.1. The number of aryl methyl sites for hydroxylation is 2. The molecule has 0 bridgehead atoms. The van der Waals surface area contributed by atoms with E-state index < -0.39 is 0 Å². The summed E-state index contributed by atoms with van der Waals surface area (Å²) < 4.78 is 0. The van der Waals surface area contributed by atoms with Crippen LogP contribution >= 0.6 is 0 Å². The van der Waals surface area contributed by atoms with Crippen LogP contribution in [0.2, 0.25) is 0 Å². The van der Waals surface area contributed by atoms with E-state index in [1.54, 1.807) is 12.1 Å². The van der Waals surface area contributed by atoms with Gasteiger partial charge in [-0.3, -0.25) is 0 Å². The molecule has 1 fully saturated rings. The van der Waals surface area contributed by atoms with Crippen molar-refractivity contribution in [1.82, 2.24) is 9.97 Å². The summed E-state index contributed by atoms with van der Waals surface area (Å²) in [4.78, 5) is 14.0. The highest BCUT2D eigenvalue weighted by atomic mass is 15.3. The van der Waals surface area contributed by atoms with E-state index in [4.69, 9.17) is 10.2 Å². The van der Waals surface area contributed by atoms with Crippen molar-refractivity contribution in [3.8, 4) is 6.07 Å². The SMILES string of the molecule is Cc1cccc(N2CCN(c3nc(C)cc(Nc4ccc(C#N)cc4)n3)CC2)c1. The first kappa shape index (κ1) is 18.8. The van der Waals surface area contributed by atoms with Crippen LogP contribution in [0.4, 0.5) is 23.1 Å². The molecule has 0 aliphatic carbocycles. The van der Waals surface area contributed by atoms with Crippen molar-refractivity contribution in [1.29, 1.82) is 5.26 Å². The number of rotatable bonds is 4. The topological polar surface area (TPSA) is 68.1 Å². The number of nitrogens with one attached hydrogen (secondary N) is 1. The Morgan fingerprint density at radius 2 is 1.62 bits per heavy atom. The average molecular weight is 384 g/mol. The van der Waals surface area contributed by atoms with E-state index in [0.29, 0.717) is 5.56 Å². The molecule has 2 aromatic carbocycles. The van der Waals surface area contributed by atoms with Gasteiger partial charge in [0.15, 0.2) is 0 Å². The molecule has 146 valence electrons. The molecule has 0 unspecified atom stereocenters. The predicted molar refractivity (Wildman–Crippen MR) is 117 cm³/mol. The molecule has 29 heavy (non-hydrogen) atoms. The summed E-state index contributed by atoms with van der Waals surface area (Å²) in [5.74, 6) is 1.52. The molecule has 0 spiro atoms. The Morgan fingerprint density at radius 3 is 2.31 bits per heavy atom. The quantitative estimate of drug-likeness (QED) is 0.732. The lowest BCUT2D eigenvalue weighted by Crippen LogP contribution is -2.47. The minimum Gasteiger partial charge on any atom is -0.368 e. The second kappa shape index (κ2) is 8.19. The lowest BCUT2D eigenvalue weighted by atomic mass is 10.2. The van der Waals surface area contributed by atoms with Crippen molar-refractivity contribution in [2.75, 3.05) is 41.3 Å². The van der Waals surface area contributed by atoms with E-state index >= 15 is 0 Å². The monoisotopic (exact) mass is 384 g/mol. The molecule has 0 atom stereocenters. The Morgan fingerprint density at radius 1 is 0.897 bits per heavy atom. The molecule has 6 heteroatoms. The van der Waals surface area contributed by atoms with Gasteiger partial charge in [0.25, 0.3) is 0 Å². The molecule has 1 N–H and O–H groups in total. The zero-order valence-electron chi connectivity index (χ0n) is 16.8. The normalized spacial score (nSPS) is 13.8. The predicted octanol–water partition coefficient (Wildman–Crippen LogP) is 4.04. The van der Waals surface area contributed by atoms with Crippen LogP contribution in [0.25, 0.3) is 0 Å². The third-order valence-corrected chi connectivity index (χ3v) is 5.06. The summed E-state index contributed by atoms with van der Waals surface area (Å²) in [6.07, 6.45) is 0. The van der Waals surface area contributed by atoms with Crippen molar-refractivity contribution < 1.29 is 0 Å². The van der Waals surface area contributed by atoms with Crippen LogP contribution < -0.4 is 15.1 Å². The van der Waals surface area contributed by atoms with Crippen molar-refractivity contribution in [3.05, 3.63) is 71.4 Å². The number of nitrogens with zero attached hydrogens (tertiary/aromatic N) is 5. The Bertz CT molecular complexity index is 1030. The van der Waals surface area contributed by atoms with Crippen molar-refractivity contribution >= 4 is 23.1 Å². The van der Waals surface area contributed by atoms with Crippen LogP contribution in [0.3, 0.4) is 0 Å². The number of anilines is 4. The van der Waals surface area contributed by atoms with Crippen LogP contribution in [0.5, 0.6) is 0 Å². The van der Waals surface area contributed by atoms with E-state index in [1.165, 1.54) is 11.3 Å². The standard InChI is InChI=1S/C23H24N6/c1-17-4-3-5-21(14-17)28-10-12-29(13-11-28)23-25-18(2)15-22(27-23)26-20-8-6-19(16-24)7-9-20/h3-9,14-15H,10-13H2,1-2H3,(H,25,26,27). The molecule has 0 amide bonds. The first-order valence-corrected chi connectivity index (χ1v) is 9.80. The minimum atomic E-state index is 0.640. The molecule has 3 aromatic rings. The Kier molecular flexibility index (Phi) is 5.30. The maximum atomic E-state index is 8.94. The zero-order chi connectivity index (χ0) is 20.2. The van der Waals surface area contributed by atoms with Gasteiger partial charge in [0.2, 0.25) is 5.95 Å². The maximum Gasteiger partial charge on any atom is 0.227 e. The van der Waals surface area contributed by atoms with Crippen LogP contribution in [-0.4, -0.2) is 36.1 Å². The van der Waals surface area contributed by atoms with E-state index in [0.717, 1.165) is 49.3 Å². The number of benzene rings is 2. The Labute approximate surface area is 171 Å². The van der Waals surface area contributed by atoms with Crippen molar-refractivity contribution in [2.45, 2.75) is 13.8 Å². The molecule has 1 saturated heterocycles. The lowest BCUT2D eigenvalue weighted by molar-refractivity contribution is 0.639. The summed E-state index contributed by atoms with van der Waals surface area (Å²) in [5, 5.41) is 12.3. The number of piperazine rings is 1. The minimum absolute atomic E-state index is 0.640. The zero-order valence-corrected chi connectivity index (χ0v) is 16.8. The second-order valence-electron chi connectivity index (χ2n) is 7.32. The fourth-order valence-corrected chi connectivity index (χ4v) is 3.52. The Hall–Kier alpha value is -3.59. The van der Waals surface area contributed by atoms with E-state index in [1.807, 2.05) is 25.1 Å². The largest absolute Gasteiger partial charge is 0.368 e. The van der Waals surface area contributed by atoms with E-state index in [2.05, 4.69) is 57.4 Å². The summed E-state index contributed by atoms with van der Waals surface area (Å²) in [5.41, 5.74) is 5.02. The van der Waals surface area contributed by atoms with Gasteiger partial charge in [0.1, 0.15) is 5.82 Å². The summed E-state index contributed by atoms with van der Waals surface area (Å²) in [6, 6.07) is 20.1. The van der Waals surface area contributed by atoms with Gasteiger partial charge in [-0.2, -0.15) is 10.2 Å². The molecular formula is C23H24N6. The second-order valence-corrected chi connectivity index (χ2v) is 7.32. The summed E-state index contributed by atoms with van der Waals surface area (Å²) in [6.45, 7) is 7.76. The smallest absolute Gasteiger partial charge is 0.227 e. The van der Waals surface area contributed by atoms with Crippen LogP contribution in [-0.2, 0) is 0 Å². The highest BCUT2D eigenvalue weighted by Crippen LogP contribution is 2.22. The highest BCUT2D eigenvalue weighted by Gasteiger charge is 2.20. The van der Waals surface area contributed by atoms with E-state index in [-0.39, 0.29) is 0 Å². The van der Waals surface area contributed by atoms with Crippen LogP contribution in [0.15, 0.2) is 54.6 Å². The molecule has 0 radical (unpaired) electrons. The molecule has 1 aliphatic rings. The molecular weight excluding hydrogens is 360 g/mol. The number of hydrogen-bond acceptors (Lipinski definition) is 6. The molecule has 6 nitrogen and oxygen atoms in total. The maximum absolute atomic E-state index is 8.94. The average Bonchev–Trinajstić information content (AvgIpc) is 2.74. The van der Waals surface area contributed by atoms with Gasteiger partial charge in [-0.25, -0.2) is 4.98 Å². The first-order valence-electron chi connectivity index (χ1n) is 9.80. The fourth-order valence-electron chi connectivity index (χ4n) is 3.52. The third kappa shape index (κ3) is 4.46. The van der Waals surface area contributed by atoms with Gasteiger partial charge in [-0.1, -0.05) is 12.1 Å². The van der Waals surface area contributed by atoms with Gasteiger partial charge in [-0.15, -0.1) is 0 Å². The van der Waals surface area contributed by atoms with Gasteiger partial charge in [0, 0.05) is 49.3 Å². The molecule has 1 aromatic heterocycles. The molecule has 0 saturated carbocycles. The molecule has 2 heterocycles. The van der Waals surface area contributed by atoms with Gasteiger partial charge < -0.3 is 15.1 Å². The van der Waals surface area contributed by atoms with Crippen molar-refractivity contribution in [2.24, 2.45) is 0 Å².